The number of hydrogen-bond donors (Lipinski definition) is 1. The van der Waals surface area contributed by atoms with Gasteiger partial charge in [0.05, 0.1) is 6.61 Å². The van der Waals surface area contributed by atoms with Crippen molar-refractivity contribution in [2.75, 3.05) is 13.2 Å². The van der Waals surface area contributed by atoms with Crippen molar-refractivity contribution >= 4 is 23.6 Å². The summed E-state index contributed by atoms with van der Waals surface area (Å²) in [5.74, 6) is 0.521. The van der Waals surface area contributed by atoms with E-state index in [2.05, 4.69) is 25.8 Å². The van der Waals surface area contributed by atoms with Crippen LogP contribution in [0.5, 0.6) is 0 Å². The monoisotopic (exact) mass is 243 g/mol. The molecule has 15 heavy (non-hydrogen) atoms. The minimum atomic E-state index is 0.177. The van der Waals surface area contributed by atoms with Crippen LogP contribution in [0.4, 0.5) is 0 Å². The second-order valence-corrected chi connectivity index (χ2v) is 6.76. The number of thiazole rings is 1. The average molecular weight is 243 g/mol. The molecule has 1 N–H and O–H groups in total. The summed E-state index contributed by atoms with van der Waals surface area (Å²) >= 11 is 6.96. The van der Waals surface area contributed by atoms with Crippen molar-refractivity contribution in [2.45, 2.75) is 38.5 Å². The van der Waals surface area contributed by atoms with Crippen molar-refractivity contribution < 1.29 is 4.74 Å². The predicted octanol–water partition coefficient (Wildman–Crippen LogP) is 3.61. The van der Waals surface area contributed by atoms with Crippen LogP contribution in [0.25, 0.3) is 0 Å². The van der Waals surface area contributed by atoms with E-state index < -0.39 is 0 Å². The van der Waals surface area contributed by atoms with Gasteiger partial charge in [-0.25, -0.2) is 0 Å². The average Bonchev–Trinajstić information content (AvgIpc) is 2.68. The van der Waals surface area contributed by atoms with Gasteiger partial charge in [0.1, 0.15) is 0 Å². The third kappa shape index (κ3) is 2.32. The van der Waals surface area contributed by atoms with Crippen LogP contribution < -0.4 is 0 Å². The Morgan fingerprint density at radius 1 is 1.47 bits per heavy atom. The summed E-state index contributed by atoms with van der Waals surface area (Å²) < 4.78 is 6.33. The van der Waals surface area contributed by atoms with Gasteiger partial charge in [0.2, 0.25) is 0 Å². The molecule has 0 aliphatic carbocycles. The Bertz CT molecular complexity index is 393. The minimum absolute atomic E-state index is 0.177. The molecule has 0 radical (unpaired) electrons. The number of aromatic nitrogens is 1. The molecular weight excluding hydrogens is 226 g/mol. The Labute approximate surface area is 99.7 Å². The van der Waals surface area contributed by atoms with Crippen LogP contribution in [0.15, 0.2) is 0 Å². The largest absolute Gasteiger partial charge is 0.381 e. The SMILES string of the molecule is CC(C)(C)c1sc(=S)[nH]c1C1CCOC1. The molecule has 0 spiro atoms. The molecule has 1 aliphatic heterocycles. The van der Waals surface area contributed by atoms with Gasteiger partial charge in [-0.15, -0.1) is 11.3 Å². The molecule has 4 heteroatoms. The van der Waals surface area contributed by atoms with Gasteiger partial charge in [0.15, 0.2) is 3.95 Å². The normalized spacial score (nSPS) is 22.2. The molecule has 84 valence electrons. The highest BCUT2D eigenvalue weighted by atomic mass is 32.1. The molecule has 2 heterocycles. The lowest BCUT2D eigenvalue weighted by atomic mass is 9.89. The fourth-order valence-electron chi connectivity index (χ4n) is 1.95. The highest BCUT2D eigenvalue weighted by Crippen LogP contribution is 2.36. The van der Waals surface area contributed by atoms with E-state index in [4.69, 9.17) is 17.0 Å². The molecule has 0 aromatic carbocycles. The van der Waals surface area contributed by atoms with Crippen LogP contribution in [-0.2, 0) is 10.2 Å². The van der Waals surface area contributed by atoms with Crippen LogP contribution in [0.2, 0.25) is 0 Å². The fourth-order valence-corrected chi connectivity index (χ4v) is 3.29. The summed E-state index contributed by atoms with van der Waals surface area (Å²) in [6.45, 7) is 8.43. The zero-order chi connectivity index (χ0) is 11.1. The van der Waals surface area contributed by atoms with Gasteiger partial charge in [-0.1, -0.05) is 20.8 Å². The molecule has 1 saturated heterocycles. The van der Waals surface area contributed by atoms with E-state index in [-0.39, 0.29) is 5.41 Å². The molecule has 2 rings (SSSR count). The van der Waals surface area contributed by atoms with Gasteiger partial charge in [-0.2, -0.15) is 0 Å². The minimum Gasteiger partial charge on any atom is -0.381 e. The van der Waals surface area contributed by atoms with Crippen molar-refractivity contribution in [1.82, 2.24) is 4.98 Å². The fraction of sp³-hybridized carbons (Fsp3) is 0.727. The van der Waals surface area contributed by atoms with Gasteiger partial charge in [-0.05, 0) is 24.1 Å². The zero-order valence-electron chi connectivity index (χ0n) is 9.42. The van der Waals surface area contributed by atoms with E-state index in [9.17, 15) is 0 Å². The summed E-state index contributed by atoms with van der Waals surface area (Å²) in [4.78, 5) is 4.74. The lowest BCUT2D eigenvalue weighted by molar-refractivity contribution is 0.193. The van der Waals surface area contributed by atoms with E-state index >= 15 is 0 Å². The third-order valence-electron chi connectivity index (χ3n) is 2.70. The summed E-state index contributed by atoms with van der Waals surface area (Å²) in [5.41, 5.74) is 1.49. The highest BCUT2D eigenvalue weighted by molar-refractivity contribution is 7.73. The Balaban J connectivity index is 2.41. The van der Waals surface area contributed by atoms with E-state index in [1.807, 2.05) is 0 Å². The van der Waals surface area contributed by atoms with Crippen LogP contribution in [-0.4, -0.2) is 18.2 Å². The predicted molar refractivity (Wildman–Crippen MR) is 66.4 cm³/mol. The number of aromatic amines is 1. The molecule has 1 atom stereocenters. The van der Waals surface area contributed by atoms with Gasteiger partial charge in [0.25, 0.3) is 0 Å². The van der Waals surface area contributed by atoms with E-state index in [0.29, 0.717) is 5.92 Å². The van der Waals surface area contributed by atoms with Crippen LogP contribution >= 0.6 is 23.6 Å². The Morgan fingerprint density at radius 3 is 2.73 bits per heavy atom. The van der Waals surface area contributed by atoms with Crippen molar-refractivity contribution in [3.63, 3.8) is 0 Å². The van der Waals surface area contributed by atoms with Crippen molar-refractivity contribution in [1.29, 1.82) is 0 Å². The quantitative estimate of drug-likeness (QED) is 0.762. The molecule has 0 saturated carbocycles. The lowest BCUT2D eigenvalue weighted by Gasteiger charge is -2.20. The molecule has 1 aromatic heterocycles. The number of hydrogen-bond acceptors (Lipinski definition) is 3. The summed E-state index contributed by atoms with van der Waals surface area (Å²) in [5, 5.41) is 0. The molecular formula is C11H17NOS2. The number of rotatable bonds is 1. The Morgan fingerprint density at radius 2 is 2.20 bits per heavy atom. The van der Waals surface area contributed by atoms with Crippen molar-refractivity contribution in [2.24, 2.45) is 0 Å². The summed E-state index contributed by atoms with van der Waals surface area (Å²) in [7, 11) is 0. The van der Waals surface area contributed by atoms with Crippen LogP contribution in [0, 0.1) is 3.95 Å². The molecule has 0 bridgehead atoms. The van der Waals surface area contributed by atoms with E-state index in [1.165, 1.54) is 10.6 Å². The molecule has 1 aromatic rings. The van der Waals surface area contributed by atoms with E-state index in [1.54, 1.807) is 11.3 Å². The summed E-state index contributed by atoms with van der Waals surface area (Å²) in [6.07, 6.45) is 1.12. The molecule has 0 amide bonds. The molecule has 2 nitrogen and oxygen atoms in total. The maximum absolute atomic E-state index is 5.44. The van der Waals surface area contributed by atoms with Crippen molar-refractivity contribution in [3.8, 4) is 0 Å². The van der Waals surface area contributed by atoms with Gasteiger partial charge < -0.3 is 9.72 Å². The van der Waals surface area contributed by atoms with Gasteiger partial charge in [-0.3, -0.25) is 0 Å². The smallest absolute Gasteiger partial charge is 0.158 e. The maximum Gasteiger partial charge on any atom is 0.158 e. The van der Waals surface area contributed by atoms with E-state index in [0.717, 1.165) is 23.6 Å². The standard InChI is InChI=1S/C11H17NOS2/c1-11(2,3)9-8(12-10(14)15-9)7-4-5-13-6-7/h7H,4-6H2,1-3H3,(H,12,14). The molecule has 1 unspecified atom stereocenters. The first kappa shape index (κ1) is 11.3. The first-order valence-electron chi connectivity index (χ1n) is 5.29. The van der Waals surface area contributed by atoms with Crippen LogP contribution in [0.1, 0.15) is 43.7 Å². The van der Waals surface area contributed by atoms with Crippen molar-refractivity contribution in [3.05, 3.63) is 14.5 Å². The number of ether oxygens (including phenoxy) is 1. The first-order chi connectivity index (χ1) is 6.98. The topological polar surface area (TPSA) is 25.0 Å². The maximum atomic E-state index is 5.44. The first-order valence-corrected chi connectivity index (χ1v) is 6.52. The van der Waals surface area contributed by atoms with Crippen LogP contribution in [0.3, 0.4) is 0 Å². The lowest BCUT2D eigenvalue weighted by Crippen LogP contribution is -2.14. The Hall–Kier alpha value is -0.190. The van der Waals surface area contributed by atoms with Gasteiger partial charge in [0, 0.05) is 23.1 Å². The third-order valence-corrected chi connectivity index (χ3v) is 4.37. The second kappa shape index (κ2) is 4.00. The number of H-pyrrole nitrogens is 1. The highest BCUT2D eigenvalue weighted by Gasteiger charge is 2.28. The molecule has 1 aliphatic rings. The number of nitrogens with one attached hydrogen (secondary N) is 1. The zero-order valence-corrected chi connectivity index (χ0v) is 11.1. The Kier molecular flexibility index (Phi) is 3.01. The molecule has 1 fully saturated rings. The second-order valence-electron chi connectivity index (χ2n) is 5.07. The summed E-state index contributed by atoms with van der Waals surface area (Å²) in [6, 6.07) is 0. The van der Waals surface area contributed by atoms with Gasteiger partial charge >= 0.3 is 0 Å².